The number of ether oxygens (including phenoxy) is 1. The maximum atomic E-state index is 5.58. The number of rotatable bonds is 3. The van der Waals surface area contributed by atoms with Crippen molar-refractivity contribution in [3.8, 4) is 5.75 Å². The highest BCUT2D eigenvalue weighted by Gasteiger charge is 2.25. The maximum absolute atomic E-state index is 5.58. The van der Waals surface area contributed by atoms with Gasteiger partial charge in [-0.3, -0.25) is 0 Å². The molecule has 3 aliphatic heterocycles. The number of aryl methyl sites for hydroxylation is 1. The van der Waals surface area contributed by atoms with Crippen LogP contribution in [0.15, 0.2) is 29.8 Å². The van der Waals surface area contributed by atoms with E-state index < -0.39 is 0 Å². The average Bonchev–Trinajstić information content (AvgIpc) is 2.92. The molecule has 0 amide bonds. The predicted molar refractivity (Wildman–Crippen MR) is 81.2 cm³/mol. The summed E-state index contributed by atoms with van der Waals surface area (Å²) >= 11 is 0. The van der Waals surface area contributed by atoms with Crippen molar-refractivity contribution in [3.63, 3.8) is 0 Å². The van der Waals surface area contributed by atoms with Crippen molar-refractivity contribution in [2.24, 2.45) is 0 Å². The molecule has 0 aromatic heterocycles. The third-order valence-electron chi connectivity index (χ3n) is 4.95. The van der Waals surface area contributed by atoms with Crippen LogP contribution in [0, 0.1) is 0 Å². The van der Waals surface area contributed by atoms with Gasteiger partial charge in [-0.25, -0.2) is 0 Å². The molecule has 20 heavy (non-hydrogen) atoms. The number of piperidine rings is 1. The van der Waals surface area contributed by atoms with Crippen molar-refractivity contribution in [2.75, 3.05) is 6.61 Å². The minimum Gasteiger partial charge on any atom is -0.493 e. The van der Waals surface area contributed by atoms with Crippen LogP contribution >= 0.6 is 0 Å². The normalized spacial score (nSPS) is 27.7. The topological polar surface area (TPSA) is 21.3 Å². The van der Waals surface area contributed by atoms with Gasteiger partial charge in [0.25, 0.3) is 0 Å². The van der Waals surface area contributed by atoms with E-state index >= 15 is 0 Å². The van der Waals surface area contributed by atoms with E-state index in [9.17, 15) is 0 Å². The van der Waals surface area contributed by atoms with Gasteiger partial charge in [0.1, 0.15) is 5.75 Å². The van der Waals surface area contributed by atoms with Gasteiger partial charge < -0.3 is 10.1 Å². The van der Waals surface area contributed by atoms with Gasteiger partial charge in [-0.05, 0) is 49.3 Å². The minimum absolute atomic E-state index is 0.658. The zero-order valence-corrected chi connectivity index (χ0v) is 12.0. The summed E-state index contributed by atoms with van der Waals surface area (Å²) in [6, 6.07) is 8.16. The van der Waals surface area contributed by atoms with Crippen molar-refractivity contribution in [1.29, 1.82) is 0 Å². The van der Waals surface area contributed by atoms with Gasteiger partial charge in [0.2, 0.25) is 0 Å². The van der Waals surface area contributed by atoms with Crippen LogP contribution in [0.2, 0.25) is 0 Å². The van der Waals surface area contributed by atoms with Crippen molar-refractivity contribution in [1.82, 2.24) is 5.32 Å². The fourth-order valence-electron chi connectivity index (χ4n) is 3.90. The molecule has 106 valence electrons. The zero-order valence-electron chi connectivity index (χ0n) is 12.0. The van der Waals surface area contributed by atoms with E-state index in [1.165, 1.54) is 49.7 Å². The van der Waals surface area contributed by atoms with E-state index in [0.717, 1.165) is 24.8 Å². The molecule has 1 aromatic carbocycles. The molecule has 0 saturated carbocycles. The molecule has 1 fully saturated rings. The SMILES string of the molecule is C1=C(CCc2ccc3c(c2)CCO3)CC2CCCC1N2. The Bertz CT molecular complexity index is 534. The lowest BCUT2D eigenvalue weighted by molar-refractivity contribution is 0.332. The van der Waals surface area contributed by atoms with Crippen LogP contribution in [-0.2, 0) is 12.8 Å². The molecule has 2 heteroatoms. The summed E-state index contributed by atoms with van der Waals surface area (Å²) in [5, 5.41) is 3.72. The smallest absolute Gasteiger partial charge is 0.122 e. The standard InChI is InChI=1S/C18H23NO/c1-2-16-11-14(12-17(3-1)19-16)5-4-13-6-7-18-15(10-13)8-9-20-18/h6-7,10-11,16-17,19H,1-5,8-9,12H2. The Morgan fingerprint density at radius 1 is 1.20 bits per heavy atom. The summed E-state index contributed by atoms with van der Waals surface area (Å²) in [6.07, 6.45) is 11.4. The summed E-state index contributed by atoms with van der Waals surface area (Å²) in [6.45, 7) is 0.860. The van der Waals surface area contributed by atoms with E-state index in [-0.39, 0.29) is 0 Å². The van der Waals surface area contributed by atoms with Crippen molar-refractivity contribution in [3.05, 3.63) is 41.0 Å². The summed E-state index contributed by atoms with van der Waals surface area (Å²) < 4.78 is 5.58. The maximum Gasteiger partial charge on any atom is 0.122 e. The molecule has 1 aromatic rings. The first-order valence-corrected chi connectivity index (χ1v) is 8.07. The number of nitrogens with one attached hydrogen (secondary N) is 1. The van der Waals surface area contributed by atoms with Crippen molar-refractivity contribution < 1.29 is 4.74 Å². The highest BCUT2D eigenvalue weighted by Crippen LogP contribution is 2.29. The molecule has 2 atom stereocenters. The first-order chi connectivity index (χ1) is 9.87. The van der Waals surface area contributed by atoms with Crippen LogP contribution < -0.4 is 10.1 Å². The van der Waals surface area contributed by atoms with E-state index in [1.54, 1.807) is 5.57 Å². The molecular formula is C18H23NO. The Morgan fingerprint density at radius 3 is 3.15 bits per heavy atom. The third-order valence-corrected chi connectivity index (χ3v) is 4.95. The summed E-state index contributed by atoms with van der Waals surface area (Å²) in [5.74, 6) is 1.10. The third kappa shape index (κ3) is 2.49. The summed E-state index contributed by atoms with van der Waals surface area (Å²) in [4.78, 5) is 0. The second kappa shape index (κ2) is 5.25. The molecule has 3 heterocycles. The number of hydrogen-bond acceptors (Lipinski definition) is 2. The molecule has 2 unspecified atom stereocenters. The molecular weight excluding hydrogens is 246 g/mol. The molecule has 1 saturated heterocycles. The first-order valence-electron chi connectivity index (χ1n) is 8.07. The molecule has 3 aliphatic rings. The zero-order chi connectivity index (χ0) is 13.4. The lowest BCUT2D eigenvalue weighted by Crippen LogP contribution is -2.44. The van der Waals surface area contributed by atoms with Crippen LogP contribution in [0.3, 0.4) is 0 Å². The van der Waals surface area contributed by atoms with Gasteiger partial charge in [-0.1, -0.05) is 30.2 Å². The Labute approximate surface area is 121 Å². The van der Waals surface area contributed by atoms with Crippen LogP contribution in [-0.4, -0.2) is 18.7 Å². The largest absolute Gasteiger partial charge is 0.493 e. The van der Waals surface area contributed by atoms with E-state index in [1.807, 2.05) is 0 Å². The number of hydrogen-bond donors (Lipinski definition) is 1. The van der Waals surface area contributed by atoms with E-state index in [2.05, 4.69) is 29.6 Å². The molecule has 0 radical (unpaired) electrons. The Kier molecular flexibility index (Phi) is 3.27. The van der Waals surface area contributed by atoms with Gasteiger partial charge in [0.15, 0.2) is 0 Å². The second-order valence-electron chi connectivity index (χ2n) is 6.47. The predicted octanol–water partition coefficient (Wildman–Crippen LogP) is 3.39. The minimum atomic E-state index is 0.658. The van der Waals surface area contributed by atoms with Crippen LogP contribution in [0.1, 0.15) is 43.2 Å². The highest BCUT2D eigenvalue weighted by molar-refractivity contribution is 5.40. The van der Waals surface area contributed by atoms with Gasteiger partial charge in [-0.2, -0.15) is 0 Å². The van der Waals surface area contributed by atoms with Crippen LogP contribution in [0.25, 0.3) is 0 Å². The lowest BCUT2D eigenvalue weighted by atomic mass is 9.85. The van der Waals surface area contributed by atoms with Gasteiger partial charge in [0.05, 0.1) is 6.61 Å². The van der Waals surface area contributed by atoms with Gasteiger partial charge in [0, 0.05) is 18.5 Å². The summed E-state index contributed by atoms with van der Waals surface area (Å²) in [7, 11) is 0. The molecule has 0 spiro atoms. The van der Waals surface area contributed by atoms with Crippen molar-refractivity contribution in [2.45, 2.75) is 57.0 Å². The fraction of sp³-hybridized carbons (Fsp3) is 0.556. The van der Waals surface area contributed by atoms with E-state index in [4.69, 9.17) is 4.74 Å². The first kappa shape index (κ1) is 12.5. The van der Waals surface area contributed by atoms with E-state index in [0.29, 0.717) is 6.04 Å². The Morgan fingerprint density at radius 2 is 2.20 bits per heavy atom. The molecule has 2 nitrogen and oxygen atoms in total. The van der Waals surface area contributed by atoms with Gasteiger partial charge in [-0.15, -0.1) is 0 Å². The molecule has 0 aliphatic carbocycles. The average molecular weight is 269 g/mol. The number of benzene rings is 1. The van der Waals surface area contributed by atoms with Crippen LogP contribution in [0.5, 0.6) is 5.75 Å². The fourth-order valence-corrected chi connectivity index (χ4v) is 3.90. The Balaban J connectivity index is 1.42. The number of fused-ring (bicyclic) bond motifs is 3. The quantitative estimate of drug-likeness (QED) is 0.849. The lowest BCUT2D eigenvalue weighted by Gasteiger charge is -2.35. The van der Waals surface area contributed by atoms with Crippen molar-refractivity contribution >= 4 is 0 Å². The van der Waals surface area contributed by atoms with Gasteiger partial charge >= 0.3 is 0 Å². The van der Waals surface area contributed by atoms with Crippen LogP contribution in [0.4, 0.5) is 0 Å². The molecule has 1 N–H and O–H groups in total. The molecule has 2 bridgehead atoms. The monoisotopic (exact) mass is 269 g/mol. The highest BCUT2D eigenvalue weighted by atomic mass is 16.5. The second-order valence-corrected chi connectivity index (χ2v) is 6.47. The molecule has 4 rings (SSSR count). The Hall–Kier alpha value is -1.28. The summed E-state index contributed by atoms with van der Waals surface area (Å²) in [5.41, 5.74) is 4.55.